The van der Waals surface area contributed by atoms with Gasteiger partial charge in [0.1, 0.15) is 5.75 Å². The first-order valence-corrected chi connectivity index (χ1v) is 11.9. The second-order valence-corrected chi connectivity index (χ2v) is 9.60. The molecular weight excluding hydrogens is 439 g/mol. The number of rotatable bonds is 7. The van der Waals surface area contributed by atoms with Gasteiger partial charge in [-0.3, -0.25) is 4.98 Å². The van der Waals surface area contributed by atoms with Crippen molar-refractivity contribution in [2.24, 2.45) is 11.8 Å². The average molecular weight is 472 g/mol. The maximum Gasteiger partial charge on any atom is 0.416 e. The van der Waals surface area contributed by atoms with Crippen LogP contribution in [-0.4, -0.2) is 36.1 Å². The number of alkyl halides is 3. The van der Waals surface area contributed by atoms with Gasteiger partial charge in [0.25, 0.3) is 0 Å². The molecule has 182 valence electrons. The third kappa shape index (κ3) is 6.20. The minimum absolute atomic E-state index is 0.216. The molecule has 0 bridgehead atoms. The summed E-state index contributed by atoms with van der Waals surface area (Å²) in [6.07, 6.45) is -2.45. The number of pyridine rings is 1. The summed E-state index contributed by atoms with van der Waals surface area (Å²) >= 11 is 0. The Kier molecular flexibility index (Phi) is 7.31. The van der Waals surface area contributed by atoms with Crippen LogP contribution in [0.5, 0.6) is 5.75 Å². The summed E-state index contributed by atoms with van der Waals surface area (Å²) in [6.45, 7) is 9.80. The molecule has 0 unspecified atom stereocenters. The summed E-state index contributed by atoms with van der Waals surface area (Å²) in [4.78, 5) is 6.93. The van der Waals surface area contributed by atoms with Crippen molar-refractivity contribution in [1.29, 1.82) is 0 Å². The van der Waals surface area contributed by atoms with E-state index in [0.717, 1.165) is 54.8 Å². The van der Waals surface area contributed by atoms with Gasteiger partial charge in [0.15, 0.2) is 0 Å². The van der Waals surface area contributed by atoms with E-state index in [1.54, 1.807) is 6.07 Å². The van der Waals surface area contributed by atoms with Crippen LogP contribution in [0.4, 0.5) is 24.5 Å². The Morgan fingerprint density at radius 2 is 1.79 bits per heavy atom. The third-order valence-electron chi connectivity index (χ3n) is 6.19. The van der Waals surface area contributed by atoms with Crippen molar-refractivity contribution in [2.45, 2.75) is 39.8 Å². The molecule has 34 heavy (non-hydrogen) atoms. The lowest BCUT2D eigenvalue weighted by atomic mass is 9.92. The van der Waals surface area contributed by atoms with Crippen molar-refractivity contribution >= 4 is 22.3 Å². The molecule has 2 aromatic carbocycles. The molecule has 2 heterocycles. The van der Waals surface area contributed by atoms with Crippen molar-refractivity contribution in [3.05, 3.63) is 59.8 Å². The Labute approximate surface area is 199 Å². The van der Waals surface area contributed by atoms with Crippen LogP contribution in [0.1, 0.15) is 37.9 Å². The summed E-state index contributed by atoms with van der Waals surface area (Å²) < 4.78 is 46.6. The van der Waals surface area contributed by atoms with Crippen molar-refractivity contribution in [3.63, 3.8) is 0 Å². The minimum Gasteiger partial charge on any atom is -0.493 e. The molecule has 0 spiro atoms. The molecule has 2 atom stereocenters. The monoisotopic (exact) mass is 471 g/mol. The number of nitrogens with zero attached hydrogens (tertiary/aromatic N) is 2. The third-order valence-corrected chi connectivity index (χ3v) is 6.19. The van der Waals surface area contributed by atoms with Crippen molar-refractivity contribution in [2.75, 3.05) is 31.6 Å². The summed E-state index contributed by atoms with van der Waals surface area (Å²) in [5, 5.41) is 4.01. The van der Waals surface area contributed by atoms with Gasteiger partial charge in [0.05, 0.1) is 17.7 Å². The van der Waals surface area contributed by atoms with Crippen molar-refractivity contribution < 1.29 is 17.9 Å². The highest BCUT2D eigenvalue weighted by atomic mass is 19.4. The minimum atomic E-state index is -4.47. The average Bonchev–Trinajstić information content (AvgIpc) is 2.75. The maximum absolute atomic E-state index is 13.6. The molecule has 1 aliphatic rings. The molecule has 1 N–H and O–H groups in total. The highest BCUT2D eigenvalue weighted by Crippen LogP contribution is 2.36. The van der Waals surface area contributed by atoms with Gasteiger partial charge in [-0.1, -0.05) is 32.0 Å². The Hall–Kier alpha value is -2.80. The largest absolute Gasteiger partial charge is 0.493 e. The summed E-state index contributed by atoms with van der Waals surface area (Å²) in [5.41, 5.74) is 1.88. The number of hydrogen-bond acceptors (Lipinski definition) is 4. The lowest BCUT2D eigenvalue weighted by Crippen LogP contribution is -2.39. The first-order chi connectivity index (χ1) is 16.2. The fraction of sp³-hybridized carbons (Fsp3) is 0.444. The van der Waals surface area contributed by atoms with E-state index in [2.05, 4.69) is 29.0 Å². The first kappa shape index (κ1) is 24.3. The van der Waals surface area contributed by atoms with Gasteiger partial charge >= 0.3 is 6.18 Å². The number of halogens is 3. The molecule has 7 heteroatoms. The molecule has 1 saturated heterocycles. The zero-order valence-corrected chi connectivity index (χ0v) is 20.0. The predicted molar refractivity (Wildman–Crippen MR) is 131 cm³/mol. The van der Waals surface area contributed by atoms with E-state index in [1.807, 2.05) is 37.3 Å². The second-order valence-electron chi connectivity index (χ2n) is 9.60. The number of aromatic nitrogens is 1. The number of benzene rings is 2. The van der Waals surface area contributed by atoms with Gasteiger partial charge in [-0.25, -0.2) is 0 Å². The number of hydrogen-bond donors (Lipinski definition) is 1. The van der Waals surface area contributed by atoms with E-state index in [1.165, 1.54) is 6.42 Å². The van der Waals surface area contributed by atoms with E-state index >= 15 is 0 Å². The number of ether oxygens (including phenoxy) is 1. The number of aryl methyl sites for hydroxylation is 1. The standard InChI is InChI=1S/C27H32F3N3O/c1-18-11-19(2)17-33(16-18)9-6-10-34-23-14-21(27(28,29)30)13-22(15-23)32-26-12-20(3)31-25-8-5-4-7-24(25)26/h4-5,7-8,12-15,18-19H,6,9-11,16-17H2,1-3H3,(H,31,32)/t18-,19+. The zero-order chi connectivity index (χ0) is 24.3. The lowest BCUT2D eigenvalue weighted by molar-refractivity contribution is -0.137. The van der Waals surface area contributed by atoms with Crippen LogP contribution in [0.3, 0.4) is 0 Å². The molecular formula is C27H32F3N3O. The number of piperidine rings is 1. The Balaban J connectivity index is 1.49. The zero-order valence-electron chi connectivity index (χ0n) is 20.0. The van der Waals surface area contributed by atoms with Crippen LogP contribution in [-0.2, 0) is 6.18 Å². The van der Waals surface area contributed by atoms with Crippen LogP contribution >= 0.6 is 0 Å². The van der Waals surface area contributed by atoms with E-state index in [0.29, 0.717) is 29.8 Å². The van der Waals surface area contributed by atoms with Crippen LogP contribution in [0.2, 0.25) is 0 Å². The van der Waals surface area contributed by atoms with Crippen LogP contribution < -0.4 is 10.1 Å². The van der Waals surface area contributed by atoms with Crippen molar-refractivity contribution in [1.82, 2.24) is 9.88 Å². The number of likely N-dealkylation sites (tertiary alicyclic amines) is 1. The number of anilines is 2. The van der Waals surface area contributed by atoms with Crippen LogP contribution in [0.25, 0.3) is 10.9 Å². The Morgan fingerprint density at radius 1 is 1.06 bits per heavy atom. The number of para-hydroxylation sites is 1. The first-order valence-electron chi connectivity index (χ1n) is 11.9. The van der Waals surface area contributed by atoms with Gasteiger partial charge in [-0.05, 0) is 55.9 Å². The highest BCUT2D eigenvalue weighted by Gasteiger charge is 2.31. The molecule has 0 saturated carbocycles. The Morgan fingerprint density at radius 3 is 2.53 bits per heavy atom. The number of nitrogens with one attached hydrogen (secondary N) is 1. The van der Waals surface area contributed by atoms with E-state index in [4.69, 9.17) is 4.74 Å². The molecule has 1 aliphatic heterocycles. The van der Waals surface area contributed by atoms with Gasteiger partial charge in [-0.2, -0.15) is 13.2 Å². The fourth-order valence-corrected chi connectivity index (χ4v) is 4.94. The van der Waals surface area contributed by atoms with E-state index in [-0.39, 0.29) is 5.75 Å². The molecule has 0 amide bonds. The topological polar surface area (TPSA) is 37.4 Å². The second kappa shape index (κ2) is 10.2. The lowest BCUT2D eigenvalue weighted by Gasteiger charge is -2.34. The van der Waals surface area contributed by atoms with Gasteiger partial charge in [0, 0.05) is 48.2 Å². The molecule has 3 aromatic rings. The van der Waals surface area contributed by atoms with Crippen LogP contribution in [0.15, 0.2) is 48.5 Å². The molecule has 1 aromatic heterocycles. The van der Waals surface area contributed by atoms with Crippen LogP contribution in [0, 0.1) is 18.8 Å². The molecule has 4 rings (SSSR count). The molecule has 4 nitrogen and oxygen atoms in total. The molecule has 0 radical (unpaired) electrons. The van der Waals surface area contributed by atoms with Crippen molar-refractivity contribution in [3.8, 4) is 5.75 Å². The fourth-order valence-electron chi connectivity index (χ4n) is 4.94. The summed E-state index contributed by atoms with van der Waals surface area (Å²) in [7, 11) is 0. The van der Waals surface area contributed by atoms with E-state index < -0.39 is 11.7 Å². The quantitative estimate of drug-likeness (QED) is 0.375. The van der Waals surface area contributed by atoms with E-state index in [9.17, 15) is 13.2 Å². The maximum atomic E-state index is 13.6. The predicted octanol–water partition coefficient (Wildman–Crippen LogP) is 7.05. The highest BCUT2D eigenvalue weighted by molar-refractivity contribution is 5.93. The Bertz CT molecular complexity index is 1120. The summed E-state index contributed by atoms with van der Waals surface area (Å²) in [5.74, 6) is 1.57. The SMILES string of the molecule is Cc1cc(Nc2cc(OCCCN3C[C@H](C)C[C@H](C)C3)cc(C(F)(F)F)c2)c2ccccc2n1. The summed E-state index contributed by atoms with van der Waals surface area (Å²) in [6, 6.07) is 13.2. The molecule has 1 fully saturated rings. The normalized spacial score (nSPS) is 19.4. The van der Waals surface area contributed by atoms with Gasteiger partial charge in [-0.15, -0.1) is 0 Å². The smallest absolute Gasteiger partial charge is 0.416 e. The number of fused-ring (bicyclic) bond motifs is 1. The molecule has 0 aliphatic carbocycles. The van der Waals surface area contributed by atoms with Gasteiger partial charge in [0.2, 0.25) is 0 Å². The van der Waals surface area contributed by atoms with Gasteiger partial charge < -0.3 is 15.0 Å².